The molecule has 0 unspecified atom stereocenters. The summed E-state index contributed by atoms with van der Waals surface area (Å²) in [5.74, 6) is 0. The number of hydrogen-bond acceptors (Lipinski definition) is 2. The first kappa shape index (κ1) is 25.6. The molecule has 0 amide bonds. The zero-order chi connectivity index (χ0) is 29.4. The minimum absolute atomic E-state index is 1.16. The first-order valence-electron chi connectivity index (χ1n) is 14.7. The molecule has 0 bridgehead atoms. The van der Waals surface area contributed by atoms with E-state index in [0.29, 0.717) is 0 Å². The predicted octanol–water partition coefficient (Wildman–Crippen LogP) is 11.6. The topological polar surface area (TPSA) is 9.86 Å². The van der Waals surface area contributed by atoms with Crippen LogP contribution in [0.2, 0.25) is 0 Å². The lowest BCUT2D eigenvalue weighted by Crippen LogP contribution is -1.80. The maximum atomic E-state index is 4.74. The molecule has 0 aliphatic carbocycles. The van der Waals surface area contributed by atoms with Crippen molar-refractivity contribution < 1.29 is 0 Å². The lowest BCUT2D eigenvalue weighted by Gasteiger charge is -2.02. The van der Waals surface area contributed by atoms with Crippen molar-refractivity contribution in [2.45, 2.75) is 0 Å². The molecule has 0 fully saturated rings. The molecule has 8 aromatic carbocycles. The molecule has 44 heavy (non-hydrogen) atoms. The van der Waals surface area contributed by atoms with E-state index in [1.165, 1.54) is 64.6 Å². The van der Waals surface area contributed by atoms with Crippen molar-refractivity contribution in [3.8, 4) is 0 Å². The number of thiol groups is 2. The average molecular weight is 599 g/mol. The maximum absolute atomic E-state index is 4.74. The number of benzene rings is 8. The minimum atomic E-state index is 1.16. The molecular formula is C40H26N2S2. The quantitative estimate of drug-likeness (QED) is 0.161. The number of rotatable bonds is 0. The SMILES string of the molecule is Sn1c2cc3ccccc3cc2c2cc3ccccc3cc21.Sn1c2ccc3ccccc3c2c2c3ccccc3ccc21. The highest BCUT2D eigenvalue weighted by Gasteiger charge is 2.14. The fraction of sp³-hybridized carbons (Fsp3) is 0. The number of hydrogen-bond donors (Lipinski definition) is 2. The molecule has 0 spiro atoms. The van der Waals surface area contributed by atoms with Gasteiger partial charge in [-0.3, -0.25) is 7.94 Å². The second-order valence-electron chi connectivity index (χ2n) is 11.4. The van der Waals surface area contributed by atoms with Gasteiger partial charge in [-0.05, 0) is 79.5 Å². The Morgan fingerprint density at radius 1 is 0.295 bits per heavy atom. The molecule has 2 aromatic heterocycles. The fourth-order valence-corrected chi connectivity index (χ4v) is 7.56. The molecule has 0 saturated heterocycles. The Labute approximate surface area is 264 Å². The van der Waals surface area contributed by atoms with Crippen LogP contribution in [0.5, 0.6) is 0 Å². The summed E-state index contributed by atoms with van der Waals surface area (Å²) in [6.07, 6.45) is 0. The van der Waals surface area contributed by atoms with Crippen molar-refractivity contribution in [1.82, 2.24) is 7.94 Å². The number of aromatic nitrogens is 2. The molecular weight excluding hydrogens is 573 g/mol. The monoisotopic (exact) mass is 598 g/mol. The van der Waals surface area contributed by atoms with E-state index in [4.69, 9.17) is 25.6 Å². The third kappa shape index (κ3) is 3.78. The Balaban J connectivity index is 0.000000123. The first-order valence-corrected chi connectivity index (χ1v) is 15.5. The summed E-state index contributed by atoms with van der Waals surface area (Å²) in [6, 6.07) is 51.8. The van der Waals surface area contributed by atoms with Gasteiger partial charge in [-0.15, -0.1) is 0 Å². The lowest BCUT2D eigenvalue weighted by atomic mass is 10.00. The molecule has 0 N–H and O–H groups in total. The molecule has 4 heteroatoms. The van der Waals surface area contributed by atoms with Crippen LogP contribution in [0, 0.1) is 0 Å². The van der Waals surface area contributed by atoms with Crippen LogP contribution >= 0.6 is 25.6 Å². The molecule has 10 aromatic rings. The third-order valence-electron chi connectivity index (χ3n) is 9.00. The van der Waals surface area contributed by atoms with E-state index >= 15 is 0 Å². The van der Waals surface area contributed by atoms with Crippen molar-refractivity contribution in [2.75, 3.05) is 0 Å². The minimum Gasteiger partial charge on any atom is -0.286 e. The molecule has 0 radical (unpaired) electrons. The Bertz CT molecular complexity index is 2560. The standard InChI is InChI=1S/2C20H13NS/c22-21-19-11-15-7-3-1-5-13(15)9-17(19)18-10-14-6-2-4-8-16(14)12-20(18)21;22-21-17-11-9-13-5-1-3-7-15(13)19(17)20-16-8-4-2-6-14(16)10-12-18(20)21/h2*1-12,22H. The summed E-state index contributed by atoms with van der Waals surface area (Å²) in [6.45, 7) is 0. The summed E-state index contributed by atoms with van der Waals surface area (Å²) >= 11 is 9.47. The van der Waals surface area contributed by atoms with Gasteiger partial charge in [0.25, 0.3) is 0 Å². The van der Waals surface area contributed by atoms with Crippen LogP contribution in [0.3, 0.4) is 0 Å². The second-order valence-corrected chi connectivity index (χ2v) is 12.2. The van der Waals surface area contributed by atoms with Crippen LogP contribution < -0.4 is 0 Å². The Morgan fingerprint density at radius 2 is 0.636 bits per heavy atom. The van der Waals surface area contributed by atoms with Gasteiger partial charge in [0.15, 0.2) is 0 Å². The zero-order valence-corrected chi connectivity index (χ0v) is 25.4. The molecule has 2 nitrogen and oxygen atoms in total. The third-order valence-corrected chi connectivity index (χ3v) is 9.86. The van der Waals surface area contributed by atoms with E-state index < -0.39 is 0 Å². The number of nitrogens with zero attached hydrogens (tertiary/aromatic N) is 2. The summed E-state index contributed by atoms with van der Waals surface area (Å²) in [7, 11) is 0. The Morgan fingerprint density at radius 3 is 1.07 bits per heavy atom. The summed E-state index contributed by atoms with van der Waals surface area (Å²) in [5, 5.41) is 15.2. The van der Waals surface area contributed by atoms with Crippen LogP contribution in [0.25, 0.3) is 86.7 Å². The first-order chi connectivity index (χ1) is 21.7. The molecule has 0 aliphatic heterocycles. The van der Waals surface area contributed by atoms with Crippen LogP contribution in [0.1, 0.15) is 0 Å². The van der Waals surface area contributed by atoms with Crippen molar-refractivity contribution in [2.24, 2.45) is 0 Å². The van der Waals surface area contributed by atoms with Crippen LogP contribution in [-0.4, -0.2) is 7.94 Å². The smallest absolute Gasteiger partial charge is 0.0608 e. The molecule has 208 valence electrons. The van der Waals surface area contributed by atoms with Gasteiger partial charge in [0.1, 0.15) is 0 Å². The normalized spacial score (nSPS) is 11.9. The second kappa shape index (κ2) is 9.81. The highest BCUT2D eigenvalue weighted by Crippen LogP contribution is 2.39. The van der Waals surface area contributed by atoms with Crippen LogP contribution in [0.4, 0.5) is 0 Å². The Kier molecular flexibility index (Phi) is 5.71. The average Bonchev–Trinajstić information content (AvgIpc) is 3.53. The summed E-state index contributed by atoms with van der Waals surface area (Å²) < 4.78 is 4.01. The molecule has 10 rings (SSSR count). The van der Waals surface area contributed by atoms with Crippen molar-refractivity contribution in [3.63, 3.8) is 0 Å². The highest BCUT2D eigenvalue weighted by molar-refractivity contribution is 7.79. The zero-order valence-electron chi connectivity index (χ0n) is 23.6. The van der Waals surface area contributed by atoms with Gasteiger partial charge in [-0.1, -0.05) is 135 Å². The van der Waals surface area contributed by atoms with Gasteiger partial charge < -0.3 is 0 Å². The van der Waals surface area contributed by atoms with E-state index in [1.54, 1.807) is 0 Å². The van der Waals surface area contributed by atoms with E-state index in [1.807, 2.05) is 7.94 Å². The van der Waals surface area contributed by atoms with Gasteiger partial charge in [-0.2, -0.15) is 0 Å². The summed E-state index contributed by atoms with van der Waals surface area (Å²) in [5.41, 5.74) is 4.64. The van der Waals surface area contributed by atoms with E-state index in [0.717, 1.165) is 22.1 Å². The lowest BCUT2D eigenvalue weighted by molar-refractivity contribution is 1.45. The highest BCUT2D eigenvalue weighted by atomic mass is 32.1. The van der Waals surface area contributed by atoms with Crippen molar-refractivity contribution in [3.05, 3.63) is 146 Å². The van der Waals surface area contributed by atoms with Gasteiger partial charge in [-0.25, -0.2) is 0 Å². The predicted molar refractivity (Wildman–Crippen MR) is 198 cm³/mol. The van der Waals surface area contributed by atoms with E-state index in [-0.39, 0.29) is 0 Å². The van der Waals surface area contributed by atoms with E-state index in [2.05, 4.69) is 146 Å². The van der Waals surface area contributed by atoms with Crippen LogP contribution in [0.15, 0.2) is 146 Å². The van der Waals surface area contributed by atoms with Gasteiger partial charge in [0.05, 0.1) is 22.1 Å². The maximum Gasteiger partial charge on any atom is 0.0608 e. The molecule has 0 aliphatic rings. The Hall–Kier alpha value is -4.90. The van der Waals surface area contributed by atoms with Gasteiger partial charge >= 0.3 is 0 Å². The molecule has 0 saturated carbocycles. The van der Waals surface area contributed by atoms with Gasteiger partial charge in [0.2, 0.25) is 0 Å². The van der Waals surface area contributed by atoms with E-state index in [9.17, 15) is 0 Å². The molecule has 0 atom stereocenters. The molecule has 2 heterocycles. The largest absolute Gasteiger partial charge is 0.286 e. The van der Waals surface area contributed by atoms with Gasteiger partial charge in [0, 0.05) is 21.5 Å². The fourth-order valence-electron chi connectivity index (χ4n) is 6.90. The van der Waals surface area contributed by atoms with Crippen LogP contribution in [-0.2, 0) is 0 Å². The van der Waals surface area contributed by atoms with Crippen molar-refractivity contribution in [1.29, 1.82) is 0 Å². The van der Waals surface area contributed by atoms with Crippen molar-refractivity contribution >= 4 is 112 Å². The summed E-state index contributed by atoms with van der Waals surface area (Å²) in [4.78, 5) is 0. The number of fused-ring (bicyclic) bond motifs is 12.